The van der Waals surface area contributed by atoms with Gasteiger partial charge in [0.25, 0.3) is 0 Å². The number of phenols is 1. The molecular weight excluding hydrogens is 642 g/mol. The van der Waals surface area contributed by atoms with Gasteiger partial charge in [0.15, 0.2) is 0 Å². The second kappa shape index (κ2) is 22.1. The van der Waals surface area contributed by atoms with Crippen molar-refractivity contribution < 1.29 is 35.4 Å². The summed E-state index contributed by atoms with van der Waals surface area (Å²) in [6, 6.07) is 13.2. The Labute approximate surface area is 306 Å². The summed E-state index contributed by atoms with van der Waals surface area (Å²) in [6.07, 6.45) is 14.1. The van der Waals surface area contributed by atoms with E-state index < -0.39 is 23.8 Å². The molecule has 0 bridgehead atoms. The van der Waals surface area contributed by atoms with E-state index >= 15 is 0 Å². The third-order valence-electron chi connectivity index (χ3n) is 10.4. The van der Waals surface area contributed by atoms with E-state index in [0.29, 0.717) is 25.7 Å². The summed E-state index contributed by atoms with van der Waals surface area (Å²) in [5, 5.41) is 66.5. The van der Waals surface area contributed by atoms with Crippen molar-refractivity contribution >= 4 is 5.97 Å². The van der Waals surface area contributed by atoms with Crippen molar-refractivity contribution in [2.75, 3.05) is 13.2 Å². The topological polar surface area (TPSA) is 150 Å². The molecule has 0 aliphatic heterocycles. The number of aliphatic carboxylic acids is 1. The Morgan fingerprint density at radius 1 is 1.00 bits per heavy atom. The van der Waals surface area contributed by atoms with Crippen LogP contribution in [0.25, 0.3) is 0 Å². The number of allylic oxidation sites excluding steroid dienone is 2. The van der Waals surface area contributed by atoms with E-state index in [1.807, 2.05) is 24.3 Å². The Morgan fingerprint density at radius 2 is 1.76 bits per heavy atom. The van der Waals surface area contributed by atoms with Gasteiger partial charge in [-0.05, 0) is 116 Å². The number of fused-ring (bicyclic) bond motifs is 1. The van der Waals surface area contributed by atoms with Gasteiger partial charge < -0.3 is 36.0 Å². The number of unbranched alkanes of at least 4 members (excludes halogenated alkanes) is 4. The molecule has 284 valence electrons. The highest BCUT2D eigenvalue weighted by Crippen LogP contribution is 2.34. The van der Waals surface area contributed by atoms with E-state index in [0.717, 1.165) is 80.9 Å². The second-order valence-corrected chi connectivity index (χ2v) is 14.9. The second-order valence-electron chi connectivity index (χ2n) is 14.9. The van der Waals surface area contributed by atoms with Gasteiger partial charge in [0, 0.05) is 25.4 Å². The summed E-state index contributed by atoms with van der Waals surface area (Å²) in [5.74, 6) is -0.524. The third kappa shape index (κ3) is 14.9. The third-order valence-corrected chi connectivity index (χ3v) is 10.4. The molecule has 7 N–H and O–H groups in total. The van der Waals surface area contributed by atoms with Gasteiger partial charge in [0.05, 0.1) is 24.4 Å². The number of rotatable bonds is 21. The van der Waals surface area contributed by atoms with E-state index in [9.17, 15) is 35.4 Å². The van der Waals surface area contributed by atoms with Crippen LogP contribution in [0.4, 0.5) is 0 Å². The summed E-state index contributed by atoms with van der Waals surface area (Å²) < 4.78 is 0. The van der Waals surface area contributed by atoms with E-state index in [1.54, 1.807) is 19.1 Å². The molecule has 0 unspecified atom stereocenters. The Balaban J connectivity index is 2.11. The molecule has 1 aliphatic carbocycles. The van der Waals surface area contributed by atoms with Crippen LogP contribution < -0.4 is 5.32 Å². The minimum Gasteiger partial charge on any atom is -0.508 e. The number of nitrogens with one attached hydrogen (secondary N) is 1. The number of phenolic OH excluding ortho intramolecular Hbond substituents is 1. The maximum absolute atomic E-state index is 11.7. The van der Waals surface area contributed by atoms with E-state index in [1.165, 1.54) is 16.7 Å². The number of benzene rings is 2. The van der Waals surface area contributed by atoms with Crippen LogP contribution >= 0.6 is 0 Å². The molecule has 0 heterocycles. The van der Waals surface area contributed by atoms with Crippen LogP contribution in [0.15, 0.2) is 65.8 Å². The van der Waals surface area contributed by atoms with Gasteiger partial charge in [-0.2, -0.15) is 0 Å². The molecule has 8 heteroatoms. The van der Waals surface area contributed by atoms with Crippen molar-refractivity contribution in [3.05, 3.63) is 88.0 Å². The molecular formula is C43H65NO7. The number of aliphatic hydroxyl groups is 4. The molecule has 5 atom stereocenters. The van der Waals surface area contributed by atoms with Gasteiger partial charge in [-0.15, -0.1) is 0 Å². The predicted octanol–water partition coefficient (Wildman–Crippen LogP) is 6.97. The zero-order valence-electron chi connectivity index (χ0n) is 31.3. The fourth-order valence-electron chi connectivity index (χ4n) is 7.58. The number of aromatic hydroxyl groups is 1. The summed E-state index contributed by atoms with van der Waals surface area (Å²) in [7, 11) is 0. The average Bonchev–Trinajstić information content (AvgIpc) is 3.10. The largest absolute Gasteiger partial charge is 0.508 e. The lowest BCUT2D eigenvalue weighted by Gasteiger charge is -2.36. The van der Waals surface area contributed by atoms with Crippen LogP contribution in [0, 0.1) is 5.92 Å². The highest BCUT2D eigenvalue weighted by Gasteiger charge is 2.32. The Bertz CT molecular complexity index is 1380. The fourth-order valence-corrected chi connectivity index (χ4v) is 7.58. The van der Waals surface area contributed by atoms with Crippen molar-refractivity contribution in [2.24, 2.45) is 5.92 Å². The Kier molecular flexibility index (Phi) is 18.4. The zero-order valence-corrected chi connectivity index (χ0v) is 31.3. The number of aryl methyl sites for hydroxylation is 2. The first-order valence-corrected chi connectivity index (χ1v) is 19.4. The van der Waals surface area contributed by atoms with Gasteiger partial charge in [-0.25, -0.2) is 0 Å². The number of hydrogen-bond acceptors (Lipinski definition) is 7. The van der Waals surface area contributed by atoms with Gasteiger partial charge >= 0.3 is 5.97 Å². The molecule has 2 aromatic carbocycles. The molecule has 3 rings (SSSR count). The monoisotopic (exact) mass is 707 g/mol. The first-order valence-electron chi connectivity index (χ1n) is 19.4. The van der Waals surface area contributed by atoms with E-state index in [4.69, 9.17) is 0 Å². The highest BCUT2D eigenvalue weighted by atomic mass is 16.4. The quantitative estimate of drug-likeness (QED) is 0.0688. The first kappa shape index (κ1) is 42.4. The van der Waals surface area contributed by atoms with Crippen LogP contribution in [-0.2, 0) is 30.5 Å². The van der Waals surface area contributed by atoms with Crippen molar-refractivity contribution in [1.82, 2.24) is 5.32 Å². The lowest BCUT2D eigenvalue weighted by Crippen LogP contribution is -2.48. The normalized spacial score (nSPS) is 19.4. The SMILES string of the molecule is CCCCC[C@H](O)C=CC1=C(C[C@H](O)CO)[C@H](NC[C@@](C)(O)Cc2ccc(O)cc2)[C@@H](CCCCCC(=O)O)CCc2c(CC)cccc2CC1. The summed E-state index contributed by atoms with van der Waals surface area (Å²) in [5.41, 5.74) is 5.82. The standard InChI is InChI=1S/C43H65NO7/c1-4-6-8-15-36(46)25-21-34-20-19-33-14-11-13-32(5-2)39(33)26-22-35(12-9-7-10-16-41(49)50)42(40(34)27-38(48)29-45)44-30-43(3,51)28-31-17-23-37(47)24-18-31/h11,13-14,17-18,21,23-25,35-36,38,42,44-48,51H,4-10,12,15-16,19-20,22,26-30H2,1-3H3,(H,49,50)/t35-,36-,38-,42+,43-/m0/s1. The molecule has 1 aliphatic rings. The molecule has 0 saturated carbocycles. The van der Waals surface area contributed by atoms with Gasteiger partial charge in [-0.1, -0.05) is 88.4 Å². The fraction of sp³-hybridized carbons (Fsp3) is 0.605. The first-order chi connectivity index (χ1) is 24.5. The predicted molar refractivity (Wildman–Crippen MR) is 205 cm³/mol. The lowest BCUT2D eigenvalue weighted by molar-refractivity contribution is -0.137. The zero-order chi connectivity index (χ0) is 37.2. The van der Waals surface area contributed by atoms with Crippen molar-refractivity contribution in [1.29, 1.82) is 0 Å². The van der Waals surface area contributed by atoms with E-state index in [-0.39, 0.29) is 43.7 Å². The Hall–Kier alpha value is -3.01. The number of carboxylic acids is 1. The molecule has 0 aromatic heterocycles. The average molecular weight is 708 g/mol. The Morgan fingerprint density at radius 3 is 2.45 bits per heavy atom. The lowest BCUT2D eigenvalue weighted by atomic mass is 9.77. The molecule has 51 heavy (non-hydrogen) atoms. The van der Waals surface area contributed by atoms with E-state index in [2.05, 4.69) is 37.4 Å². The molecule has 0 fully saturated rings. The summed E-state index contributed by atoms with van der Waals surface area (Å²) in [4.78, 5) is 11.2. The number of carboxylic acid groups (broad SMARTS) is 1. The van der Waals surface area contributed by atoms with Crippen molar-refractivity contribution in [2.45, 2.75) is 147 Å². The molecule has 0 amide bonds. The molecule has 0 spiro atoms. The van der Waals surface area contributed by atoms with Crippen molar-refractivity contribution in [3.8, 4) is 5.75 Å². The number of aliphatic hydroxyl groups excluding tert-OH is 3. The minimum absolute atomic E-state index is 0.0916. The molecule has 8 nitrogen and oxygen atoms in total. The summed E-state index contributed by atoms with van der Waals surface area (Å²) in [6.45, 7) is 6.02. The molecule has 0 radical (unpaired) electrons. The van der Waals surface area contributed by atoms with Crippen LogP contribution in [0.1, 0.15) is 120 Å². The van der Waals surface area contributed by atoms with Gasteiger partial charge in [-0.3, -0.25) is 4.79 Å². The highest BCUT2D eigenvalue weighted by molar-refractivity contribution is 5.66. The van der Waals surface area contributed by atoms with Crippen LogP contribution in [-0.4, -0.2) is 73.6 Å². The summed E-state index contributed by atoms with van der Waals surface area (Å²) >= 11 is 0. The smallest absolute Gasteiger partial charge is 0.303 e. The number of hydrogen-bond donors (Lipinski definition) is 7. The van der Waals surface area contributed by atoms with Gasteiger partial charge in [0.1, 0.15) is 5.75 Å². The van der Waals surface area contributed by atoms with Crippen LogP contribution in [0.5, 0.6) is 5.75 Å². The minimum atomic E-state index is -1.13. The number of carbonyl (C=O) groups is 1. The molecule has 0 saturated heterocycles. The maximum atomic E-state index is 11.7. The maximum Gasteiger partial charge on any atom is 0.303 e. The van der Waals surface area contributed by atoms with Gasteiger partial charge in [0.2, 0.25) is 0 Å². The van der Waals surface area contributed by atoms with Crippen LogP contribution in [0.3, 0.4) is 0 Å². The van der Waals surface area contributed by atoms with Crippen molar-refractivity contribution in [3.63, 3.8) is 0 Å². The van der Waals surface area contributed by atoms with Crippen LogP contribution in [0.2, 0.25) is 0 Å². The molecule has 2 aromatic rings.